The number of carbonyl (C=O) groups excluding carboxylic acids is 1. The fraction of sp³-hybridized carbons (Fsp3) is 0.500. The zero-order valence-electron chi connectivity index (χ0n) is 13.1. The van der Waals surface area contributed by atoms with E-state index in [0.29, 0.717) is 17.4 Å². The number of aromatic nitrogens is 2. The highest BCUT2D eigenvalue weighted by Gasteiger charge is 2.25. The molecule has 2 aromatic heterocycles. The molecule has 6 heteroatoms. The van der Waals surface area contributed by atoms with Crippen molar-refractivity contribution in [2.45, 2.75) is 19.8 Å². The van der Waals surface area contributed by atoms with Crippen molar-refractivity contribution < 1.29 is 9.21 Å². The van der Waals surface area contributed by atoms with Crippen molar-refractivity contribution in [2.75, 3.05) is 26.7 Å². The van der Waals surface area contributed by atoms with E-state index < -0.39 is 0 Å². The molecule has 0 aromatic carbocycles. The van der Waals surface area contributed by atoms with E-state index in [-0.39, 0.29) is 5.91 Å². The fourth-order valence-corrected chi connectivity index (χ4v) is 3.00. The molecule has 0 saturated carbocycles. The summed E-state index contributed by atoms with van der Waals surface area (Å²) in [7, 11) is 1.95. The molecule has 2 aromatic rings. The van der Waals surface area contributed by atoms with Gasteiger partial charge in [0.05, 0.1) is 0 Å². The maximum absolute atomic E-state index is 12.6. The predicted octanol–water partition coefficient (Wildman–Crippen LogP) is 2.05. The van der Waals surface area contributed by atoms with Gasteiger partial charge in [-0.2, -0.15) is 5.10 Å². The van der Waals surface area contributed by atoms with Crippen molar-refractivity contribution >= 4 is 5.91 Å². The Balaban J connectivity index is 1.71. The molecule has 118 valence electrons. The Bertz CT molecular complexity index is 644. The van der Waals surface area contributed by atoms with E-state index in [9.17, 15) is 4.79 Å². The highest BCUT2D eigenvalue weighted by Crippen LogP contribution is 2.22. The lowest BCUT2D eigenvalue weighted by molar-refractivity contribution is 0.0668. The molecule has 1 atom stereocenters. The summed E-state index contributed by atoms with van der Waals surface area (Å²) in [5.41, 5.74) is 1.19. The van der Waals surface area contributed by atoms with E-state index in [1.165, 1.54) is 6.42 Å². The summed E-state index contributed by atoms with van der Waals surface area (Å²) in [6, 6.07) is 5.54. The van der Waals surface area contributed by atoms with Gasteiger partial charge in [0.2, 0.25) is 0 Å². The number of nitrogens with zero attached hydrogens (tertiary/aromatic N) is 2. The minimum absolute atomic E-state index is 0.00780. The van der Waals surface area contributed by atoms with E-state index in [1.807, 2.05) is 31.0 Å². The lowest BCUT2D eigenvalue weighted by atomic mass is 9.98. The van der Waals surface area contributed by atoms with Crippen molar-refractivity contribution in [1.29, 1.82) is 0 Å². The topological polar surface area (TPSA) is 74.2 Å². The number of rotatable bonds is 4. The average Bonchev–Trinajstić information content (AvgIpc) is 3.16. The third-order valence-corrected chi connectivity index (χ3v) is 4.10. The second-order valence-corrected chi connectivity index (χ2v) is 5.89. The first-order chi connectivity index (χ1) is 10.7. The first-order valence-corrected chi connectivity index (χ1v) is 7.73. The number of hydrogen-bond acceptors (Lipinski definition) is 4. The molecule has 6 nitrogen and oxygen atoms in total. The van der Waals surface area contributed by atoms with Crippen molar-refractivity contribution in [1.82, 2.24) is 20.4 Å². The first kappa shape index (κ1) is 14.8. The summed E-state index contributed by atoms with van der Waals surface area (Å²) < 4.78 is 5.55. The quantitative estimate of drug-likeness (QED) is 0.906. The molecule has 2 N–H and O–H groups in total. The van der Waals surface area contributed by atoms with Crippen LogP contribution in [-0.4, -0.2) is 47.7 Å². The Morgan fingerprint density at radius 2 is 2.41 bits per heavy atom. The second-order valence-electron chi connectivity index (χ2n) is 5.89. The van der Waals surface area contributed by atoms with Crippen LogP contribution in [0, 0.1) is 12.8 Å². The molecule has 3 heterocycles. The van der Waals surface area contributed by atoms with Crippen LogP contribution in [0.3, 0.4) is 0 Å². The van der Waals surface area contributed by atoms with E-state index in [4.69, 9.17) is 4.42 Å². The fourth-order valence-electron chi connectivity index (χ4n) is 3.00. The zero-order valence-corrected chi connectivity index (χ0v) is 13.1. The molecule has 1 unspecified atom stereocenters. The molecule has 1 saturated heterocycles. The van der Waals surface area contributed by atoms with Gasteiger partial charge in [-0.1, -0.05) is 0 Å². The normalized spacial score (nSPS) is 18.6. The van der Waals surface area contributed by atoms with Crippen LogP contribution in [0.25, 0.3) is 11.5 Å². The van der Waals surface area contributed by atoms with Gasteiger partial charge in [0, 0.05) is 19.2 Å². The van der Waals surface area contributed by atoms with Crippen molar-refractivity contribution in [3.05, 3.63) is 29.7 Å². The van der Waals surface area contributed by atoms with Crippen LogP contribution in [-0.2, 0) is 0 Å². The third kappa shape index (κ3) is 3.06. The lowest BCUT2D eigenvalue weighted by Crippen LogP contribution is -2.42. The predicted molar refractivity (Wildman–Crippen MR) is 83.6 cm³/mol. The Kier molecular flexibility index (Phi) is 4.29. The van der Waals surface area contributed by atoms with Gasteiger partial charge < -0.3 is 14.6 Å². The Labute approximate surface area is 129 Å². The Morgan fingerprint density at radius 1 is 1.55 bits per heavy atom. The first-order valence-electron chi connectivity index (χ1n) is 7.73. The summed E-state index contributed by atoms with van der Waals surface area (Å²) in [5, 5.41) is 10.2. The number of piperidine rings is 1. The number of likely N-dealkylation sites (tertiary alicyclic amines) is 1. The van der Waals surface area contributed by atoms with Gasteiger partial charge in [-0.3, -0.25) is 9.89 Å². The van der Waals surface area contributed by atoms with Gasteiger partial charge in [0.1, 0.15) is 11.5 Å². The number of hydrogen-bond donors (Lipinski definition) is 2. The lowest BCUT2D eigenvalue weighted by Gasteiger charge is -2.32. The van der Waals surface area contributed by atoms with Crippen molar-refractivity contribution in [3.63, 3.8) is 0 Å². The molecule has 22 heavy (non-hydrogen) atoms. The van der Waals surface area contributed by atoms with E-state index in [2.05, 4.69) is 15.5 Å². The Morgan fingerprint density at radius 3 is 3.14 bits per heavy atom. The van der Waals surface area contributed by atoms with E-state index in [0.717, 1.165) is 37.5 Å². The average molecular weight is 302 g/mol. The van der Waals surface area contributed by atoms with Gasteiger partial charge >= 0.3 is 0 Å². The molecule has 1 amide bonds. The summed E-state index contributed by atoms with van der Waals surface area (Å²) in [6.07, 6.45) is 2.22. The number of aromatic amines is 1. The molecule has 1 aliphatic rings. The van der Waals surface area contributed by atoms with E-state index >= 15 is 0 Å². The maximum Gasteiger partial charge on any atom is 0.274 e. The second kappa shape index (κ2) is 6.36. The number of amides is 1. The summed E-state index contributed by atoms with van der Waals surface area (Å²) in [6.45, 7) is 4.44. The van der Waals surface area contributed by atoms with Crippen LogP contribution < -0.4 is 5.32 Å². The van der Waals surface area contributed by atoms with Gasteiger partial charge in [-0.05, 0) is 51.4 Å². The van der Waals surface area contributed by atoms with Crippen LogP contribution in [0.5, 0.6) is 0 Å². The SMILES string of the molecule is CNCC1CCCN(C(=O)c2cc(-c3ccc(C)o3)[nH]n2)C1. The molecule has 3 rings (SSSR count). The maximum atomic E-state index is 12.6. The van der Waals surface area contributed by atoms with Crippen molar-refractivity contribution in [2.24, 2.45) is 5.92 Å². The summed E-state index contributed by atoms with van der Waals surface area (Å²) in [5.74, 6) is 2.06. The Hall–Kier alpha value is -2.08. The molecular weight excluding hydrogens is 280 g/mol. The summed E-state index contributed by atoms with van der Waals surface area (Å²) >= 11 is 0. The number of furan rings is 1. The van der Waals surface area contributed by atoms with Crippen LogP contribution in [0.1, 0.15) is 29.1 Å². The molecule has 1 aliphatic heterocycles. The monoisotopic (exact) mass is 302 g/mol. The van der Waals surface area contributed by atoms with Crippen LogP contribution in [0.15, 0.2) is 22.6 Å². The molecule has 0 radical (unpaired) electrons. The minimum Gasteiger partial charge on any atom is -0.460 e. The number of nitrogens with one attached hydrogen (secondary N) is 2. The molecule has 1 fully saturated rings. The van der Waals surface area contributed by atoms with Crippen LogP contribution in [0.2, 0.25) is 0 Å². The van der Waals surface area contributed by atoms with Crippen LogP contribution >= 0.6 is 0 Å². The standard InChI is InChI=1S/C16H22N4O2/c1-11-5-6-15(22-11)13-8-14(19-18-13)16(21)20-7-3-4-12(10-20)9-17-2/h5-6,8,12,17H,3-4,7,9-10H2,1-2H3,(H,18,19). The van der Waals surface area contributed by atoms with Gasteiger partial charge in [0.25, 0.3) is 5.91 Å². The van der Waals surface area contributed by atoms with Gasteiger partial charge in [-0.25, -0.2) is 0 Å². The largest absolute Gasteiger partial charge is 0.460 e. The van der Waals surface area contributed by atoms with Gasteiger partial charge in [-0.15, -0.1) is 0 Å². The summed E-state index contributed by atoms with van der Waals surface area (Å²) in [4.78, 5) is 14.5. The van der Waals surface area contributed by atoms with E-state index in [1.54, 1.807) is 6.07 Å². The number of aryl methyl sites for hydroxylation is 1. The highest BCUT2D eigenvalue weighted by molar-refractivity contribution is 5.93. The third-order valence-electron chi connectivity index (χ3n) is 4.10. The smallest absolute Gasteiger partial charge is 0.274 e. The highest BCUT2D eigenvalue weighted by atomic mass is 16.3. The number of H-pyrrole nitrogens is 1. The molecular formula is C16H22N4O2. The molecule has 0 spiro atoms. The zero-order chi connectivity index (χ0) is 15.5. The van der Waals surface area contributed by atoms with Crippen LogP contribution in [0.4, 0.5) is 0 Å². The molecule has 0 aliphatic carbocycles. The van der Waals surface area contributed by atoms with Gasteiger partial charge in [0.15, 0.2) is 11.5 Å². The van der Waals surface area contributed by atoms with Crippen molar-refractivity contribution in [3.8, 4) is 11.5 Å². The number of carbonyl (C=O) groups is 1. The minimum atomic E-state index is -0.00780. The molecule has 0 bridgehead atoms.